The molecule has 0 radical (unpaired) electrons. The lowest BCUT2D eigenvalue weighted by Crippen LogP contribution is -2.11. The smallest absolute Gasteiger partial charge is 0.144 e. The van der Waals surface area contributed by atoms with Crippen molar-refractivity contribution in [3.05, 3.63) is 23.3 Å². The molecule has 14 heavy (non-hydrogen) atoms. The third-order valence-corrected chi connectivity index (χ3v) is 2.58. The Morgan fingerprint density at radius 3 is 2.93 bits per heavy atom. The standard InChI is InChI=1S/C8H9N5S/c1-13-3-2-5(12-13)8-11-6(4-14-8)7(9)10/h2-4H,1H3,(H3,9,10). The molecule has 0 saturated carbocycles. The third-order valence-electron chi connectivity index (χ3n) is 1.71. The summed E-state index contributed by atoms with van der Waals surface area (Å²) in [5.41, 5.74) is 6.63. The Hall–Kier alpha value is -1.69. The van der Waals surface area contributed by atoms with E-state index in [2.05, 4.69) is 10.1 Å². The molecule has 0 aromatic carbocycles. The number of aromatic nitrogens is 3. The SMILES string of the molecule is Cn1ccc(-c2nc(C(=N)N)cs2)n1. The van der Waals surface area contributed by atoms with Crippen molar-refractivity contribution in [2.24, 2.45) is 12.8 Å². The van der Waals surface area contributed by atoms with Gasteiger partial charge in [-0.15, -0.1) is 11.3 Å². The van der Waals surface area contributed by atoms with Gasteiger partial charge < -0.3 is 5.73 Å². The first-order chi connectivity index (χ1) is 6.66. The zero-order chi connectivity index (χ0) is 10.1. The Morgan fingerprint density at radius 1 is 1.64 bits per heavy atom. The topological polar surface area (TPSA) is 80.6 Å². The molecule has 6 heteroatoms. The highest BCUT2D eigenvalue weighted by Crippen LogP contribution is 2.21. The molecule has 72 valence electrons. The van der Waals surface area contributed by atoms with Crippen molar-refractivity contribution >= 4 is 17.2 Å². The van der Waals surface area contributed by atoms with Gasteiger partial charge in [0.05, 0.1) is 0 Å². The molecule has 0 aliphatic carbocycles. The molecule has 2 heterocycles. The van der Waals surface area contributed by atoms with Crippen LogP contribution in [-0.4, -0.2) is 20.6 Å². The number of nitrogen functional groups attached to an aromatic ring is 1. The fourth-order valence-corrected chi connectivity index (χ4v) is 1.83. The molecule has 0 aliphatic rings. The van der Waals surface area contributed by atoms with Gasteiger partial charge in [-0.1, -0.05) is 0 Å². The second kappa shape index (κ2) is 3.22. The highest BCUT2D eigenvalue weighted by molar-refractivity contribution is 7.13. The van der Waals surface area contributed by atoms with Crippen LogP contribution in [0.1, 0.15) is 5.69 Å². The first kappa shape index (κ1) is 8.89. The summed E-state index contributed by atoms with van der Waals surface area (Å²) in [5.74, 6) is -0.0107. The molecule has 3 N–H and O–H groups in total. The van der Waals surface area contributed by atoms with Crippen LogP contribution in [0.3, 0.4) is 0 Å². The van der Waals surface area contributed by atoms with E-state index >= 15 is 0 Å². The van der Waals surface area contributed by atoms with Crippen molar-refractivity contribution < 1.29 is 0 Å². The number of aryl methyl sites for hydroxylation is 1. The molecule has 5 nitrogen and oxygen atoms in total. The van der Waals surface area contributed by atoms with Gasteiger partial charge in [-0.2, -0.15) is 5.10 Å². The second-order valence-electron chi connectivity index (χ2n) is 2.83. The molecule has 0 amide bonds. The maximum atomic E-state index is 7.21. The molecule has 0 atom stereocenters. The molecule has 0 unspecified atom stereocenters. The second-order valence-corrected chi connectivity index (χ2v) is 3.68. The number of nitrogens with two attached hydrogens (primary N) is 1. The molecule has 0 spiro atoms. The number of rotatable bonds is 2. The van der Waals surface area contributed by atoms with Gasteiger partial charge in [-0.25, -0.2) is 4.98 Å². The molecule has 0 saturated heterocycles. The number of thiazole rings is 1. The molecule has 2 rings (SSSR count). The molecule has 2 aromatic heterocycles. The van der Waals surface area contributed by atoms with Crippen LogP contribution in [0.4, 0.5) is 0 Å². The summed E-state index contributed by atoms with van der Waals surface area (Å²) in [4.78, 5) is 4.19. The lowest BCUT2D eigenvalue weighted by molar-refractivity contribution is 0.770. The molecule has 0 fully saturated rings. The maximum Gasteiger partial charge on any atom is 0.144 e. The van der Waals surface area contributed by atoms with Crippen LogP contribution in [0, 0.1) is 5.41 Å². The van der Waals surface area contributed by atoms with Gasteiger partial charge in [0.15, 0.2) is 0 Å². The maximum absolute atomic E-state index is 7.21. The Morgan fingerprint density at radius 2 is 2.43 bits per heavy atom. The van der Waals surface area contributed by atoms with Crippen molar-refractivity contribution in [3.8, 4) is 10.7 Å². The van der Waals surface area contributed by atoms with Gasteiger partial charge in [0.25, 0.3) is 0 Å². The number of nitrogens with one attached hydrogen (secondary N) is 1. The van der Waals surface area contributed by atoms with Crippen molar-refractivity contribution in [1.82, 2.24) is 14.8 Å². The summed E-state index contributed by atoms with van der Waals surface area (Å²) in [5, 5.41) is 14.0. The lowest BCUT2D eigenvalue weighted by Gasteiger charge is -1.89. The molecule has 2 aromatic rings. The van der Waals surface area contributed by atoms with Crippen LogP contribution < -0.4 is 5.73 Å². The van der Waals surface area contributed by atoms with E-state index < -0.39 is 0 Å². The molecule has 0 bridgehead atoms. The van der Waals surface area contributed by atoms with Crippen molar-refractivity contribution in [3.63, 3.8) is 0 Å². The van der Waals surface area contributed by atoms with Crippen LogP contribution in [0.15, 0.2) is 17.6 Å². The summed E-state index contributed by atoms with van der Waals surface area (Å²) >= 11 is 1.44. The summed E-state index contributed by atoms with van der Waals surface area (Å²) in [6.45, 7) is 0. The first-order valence-electron chi connectivity index (χ1n) is 3.97. The fourth-order valence-electron chi connectivity index (χ4n) is 1.04. The third kappa shape index (κ3) is 1.51. The predicted molar refractivity (Wildman–Crippen MR) is 55.3 cm³/mol. The van der Waals surface area contributed by atoms with Crippen molar-refractivity contribution in [1.29, 1.82) is 5.41 Å². The number of hydrogen-bond donors (Lipinski definition) is 2. The highest BCUT2D eigenvalue weighted by atomic mass is 32.1. The normalized spacial score (nSPS) is 10.4. The summed E-state index contributed by atoms with van der Waals surface area (Å²) in [6, 6.07) is 1.88. The van der Waals surface area contributed by atoms with Crippen LogP contribution >= 0.6 is 11.3 Å². The lowest BCUT2D eigenvalue weighted by atomic mass is 10.4. The first-order valence-corrected chi connectivity index (χ1v) is 4.85. The summed E-state index contributed by atoms with van der Waals surface area (Å²) in [7, 11) is 1.85. The zero-order valence-corrected chi connectivity index (χ0v) is 8.38. The van der Waals surface area contributed by atoms with Gasteiger partial charge in [-0.3, -0.25) is 10.1 Å². The fraction of sp³-hybridized carbons (Fsp3) is 0.125. The van der Waals surface area contributed by atoms with Crippen LogP contribution in [0.25, 0.3) is 10.7 Å². The van der Waals surface area contributed by atoms with Crippen LogP contribution in [-0.2, 0) is 7.05 Å². The Kier molecular flexibility index (Phi) is 2.05. The van der Waals surface area contributed by atoms with Gasteiger partial charge >= 0.3 is 0 Å². The Labute approximate surface area is 84.7 Å². The van der Waals surface area contributed by atoms with Crippen LogP contribution in [0.5, 0.6) is 0 Å². The van der Waals surface area contributed by atoms with Crippen molar-refractivity contribution in [2.75, 3.05) is 0 Å². The highest BCUT2D eigenvalue weighted by Gasteiger charge is 2.08. The molecular formula is C8H9N5S. The molecular weight excluding hydrogens is 198 g/mol. The Balaban J connectivity index is 2.38. The van der Waals surface area contributed by atoms with E-state index in [4.69, 9.17) is 11.1 Å². The van der Waals surface area contributed by atoms with Crippen LogP contribution in [0.2, 0.25) is 0 Å². The van der Waals surface area contributed by atoms with E-state index in [1.54, 1.807) is 10.1 Å². The quantitative estimate of drug-likeness (QED) is 0.565. The van der Waals surface area contributed by atoms with Gasteiger partial charge in [-0.05, 0) is 6.07 Å². The largest absolute Gasteiger partial charge is 0.382 e. The minimum absolute atomic E-state index is 0.0107. The number of amidine groups is 1. The summed E-state index contributed by atoms with van der Waals surface area (Å²) in [6.07, 6.45) is 1.85. The van der Waals surface area contributed by atoms with E-state index in [9.17, 15) is 0 Å². The average Bonchev–Trinajstić information content (AvgIpc) is 2.70. The predicted octanol–water partition coefficient (Wildman–Crippen LogP) is 0.828. The number of hydrogen-bond acceptors (Lipinski definition) is 4. The minimum Gasteiger partial charge on any atom is -0.382 e. The average molecular weight is 207 g/mol. The van der Waals surface area contributed by atoms with Gasteiger partial charge in [0, 0.05) is 18.6 Å². The van der Waals surface area contributed by atoms with E-state index in [0.29, 0.717) is 5.69 Å². The number of nitrogens with zero attached hydrogens (tertiary/aromatic N) is 3. The van der Waals surface area contributed by atoms with Crippen molar-refractivity contribution in [2.45, 2.75) is 0 Å². The van der Waals surface area contributed by atoms with E-state index in [0.717, 1.165) is 10.7 Å². The van der Waals surface area contributed by atoms with E-state index in [1.165, 1.54) is 11.3 Å². The Bertz CT molecular complexity index is 470. The van der Waals surface area contributed by atoms with Gasteiger partial charge in [0.2, 0.25) is 0 Å². The van der Waals surface area contributed by atoms with Gasteiger partial charge in [0.1, 0.15) is 22.2 Å². The zero-order valence-electron chi connectivity index (χ0n) is 7.56. The summed E-state index contributed by atoms with van der Waals surface area (Å²) < 4.78 is 1.71. The van der Waals surface area contributed by atoms with E-state index in [-0.39, 0.29) is 5.84 Å². The minimum atomic E-state index is -0.0107. The van der Waals surface area contributed by atoms with E-state index in [1.807, 2.05) is 19.3 Å². The molecule has 0 aliphatic heterocycles. The monoisotopic (exact) mass is 207 g/mol.